The minimum absolute atomic E-state index is 0.0275. The van der Waals surface area contributed by atoms with E-state index in [1.54, 1.807) is 43.5 Å². The Labute approximate surface area is 155 Å². The molecule has 1 aliphatic heterocycles. The van der Waals surface area contributed by atoms with Crippen LogP contribution in [0.25, 0.3) is 0 Å². The fourth-order valence-corrected chi connectivity index (χ4v) is 3.39. The minimum Gasteiger partial charge on any atom is -0.497 e. The number of anilines is 2. The lowest BCUT2D eigenvalue weighted by Crippen LogP contribution is -2.37. The highest BCUT2D eigenvalue weighted by Crippen LogP contribution is 2.34. The van der Waals surface area contributed by atoms with Gasteiger partial charge in [0.2, 0.25) is 5.91 Å². The van der Waals surface area contributed by atoms with Crippen LogP contribution < -0.4 is 19.7 Å². The van der Waals surface area contributed by atoms with Crippen LogP contribution in [0.3, 0.4) is 0 Å². The van der Waals surface area contributed by atoms with Crippen molar-refractivity contribution in [1.82, 2.24) is 9.88 Å². The molecule has 0 spiro atoms. The lowest BCUT2D eigenvalue weighted by Gasteiger charge is -2.20. The third-order valence-corrected chi connectivity index (χ3v) is 4.80. The average Bonchev–Trinajstić information content (AvgIpc) is 3.20. The lowest BCUT2D eigenvalue weighted by atomic mass is 10.2. The number of ether oxygens (including phenoxy) is 2. The van der Waals surface area contributed by atoms with Gasteiger partial charge >= 0.3 is 6.03 Å². The topological polar surface area (TPSA) is 84.0 Å². The van der Waals surface area contributed by atoms with Crippen LogP contribution in [-0.2, 0) is 4.79 Å². The molecule has 2 aromatic rings. The summed E-state index contributed by atoms with van der Waals surface area (Å²) in [6.45, 7) is 2.80. The van der Waals surface area contributed by atoms with Crippen LogP contribution in [0.15, 0.2) is 24.4 Å². The number of aromatic nitrogens is 1. The Morgan fingerprint density at radius 1 is 1.31 bits per heavy atom. The maximum Gasteiger partial charge on any atom is 0.325 e. The summed E-state index contributed by atoms with van der Waals surface area (Å²) < 4.78 is 10.6. The lowest BCUT2D eigenvalue weighted by molar-refractivity contribution is -0.116. The Morgan fingerprint density at radius 2 is 2.12 bits per heavy atom. The number of aryl methyl sites for hydroxylation is 1. The van der Waals surface area contributed by atoms with Gasteiger partial charge in [-0.05, 0) is 19.1 Å². The Balaban J connectivity index is 1.69. The predicted molar refractivity (Wildman–Crippen MR) is 99.3 cm³/mol. The van der Waals surface area contributed by atoms with E-state index in [1.807, 2.05) is 6.92 Å². The highest BCUT2D eigenvalue weighted by Gasteiger charge is 2.32. The number of hydrogen-bond donors (Lipinski definition) is 1. The molecule has 0 radical (unpaired) electrons. The van der Waals surface area contributed by atoms with E-state index in [-0.39, 0.29) is 18.5 Å². The summed E-state index contributed by atoms with van der Waals surface area (Å²) in [5.74, 6) is 0.930. The molecule has 9 heteroatoms. The van der Waals surface area contributed by atoms with Gasteiger partial charge in [0.25, 0.3) is 0 Å². The second-order valence-corrected chi connectivity index (χ2v) is 6.95. The summed E-state index contributed by atoms with van der Waals surface area (Å²) in [4.78, 5) is 33.1. The van der Waals surface area contributed by atoms with Crippen LogP contribution in [0.4, 0.5) is 15.6 Å². The van der Waals surface area contributed by atoms with Gasteiger partial charge < -0.3 is 19.7 Å². The second-order valence-electron chi connectivity index (χ2n) is 5.72. The second kappa shape index (κ2) is 7.61. The maximum absolute atomic E-state index is 12.7. The van der Waals surface area contributed by atoms with Crippen LogP contribution in [-0.4, -0.2) is 55.7 Å². The Kier molecular flexibility index (Phi) is 5.27. The van der Waals surface area contributed by atoms with Crippen molar-refractivity contribution in [2.75, 3.05) is 44.1 Å². The molecule has 2 heterocycles. The molecule has 0 atom stereocenters. The summed E-state index contributed by atoms with van der Waals surface area (Å²) >= 11 is 1.39. The number of thiazole rings is 1. The van der Waals surface area contributed by atoms with Crippen molar-refractivity contribution in [1.29, 1.82) is 0 Å². The molecule has 0 saturated carbocycles. The van der Waals surface area contributed by atoms with Gasteiger partial charge in [0.05, 0.1) is 19.9 Å². The van der Waals surface area contributed by atoms with Gasteiger partial charge in [0.1, 0.15) is 18.0 Å². The largest absolute Gasteiger partial charge is 0.497 e. The Bertz CT molecular complexity index is 823. The molecule has 0 bridgehead atoms. The van der Waals surface area contributed by atoms with Crippen LogP contribution in [0.5, 0.6) is 11.5 Å². The number of methoxy groups -OCH3 is 2. The third kappa shape index (κ3) is 3.72. The van der Waals surface area contributed by atoms with E-state index in [1.165, 1.54) is 16.2 Å². The number of benzene rings is 1. The zero-order valence-corrected chi connectivity index (χ0v) is 15.6. The molecule has 138 valence electrons. The standard InChI is InChI=1S/C17H20N4O4S/c1-11-9-18-16(26-11)19-15(22)10-20-6-7-21(17(20)23)13-8-12(24-2)4-5-14(13)25-3/h4-5,8-9H,6-7,10H2,1-3H3,(H,18,19,22). The molecule has 8 nitrogen and oxygen atoms in total. The number of hydrogen-bond acceptors (Lipinski definition) is 6. The van der Waals surface area contributed by atoms with E-state index in [4.69, 9.17) is 9.47 Å². The fourth-order valence-electron chi connectivity index (χ4n) is 2.71. The summed E-state index contributed by atoms with van der Waals surface area (Å²) in [5.41, 5.74) is 0.621. The normalized spacial score (nSPS) is 13.9. The van der Waals surface area contributed by atoms with E-state index < -0.39 is 0 Å². The summed E-state index contributed by atoms with van der Waals surface area (Å²) in [6, 6.07) is 5.02. The van der Waals surface area contributed by atoms with Crippen molar-refractivity contribution in [3.63, 3.8) is 0 Å². The van der Waals surface area contributed by atoms with Crippen LogP contribution >= 0.6 is 11.3 Å². The van der Waals surface area contributed by atoms with Gasteiger partial charge in [-0.2, -0.15) is 0 Å². The highest BCUT2D eigenvalue weighted by atomic mass is 32.1. The predicted octanol–water partition coefficient (Wildman–Crippen LogP) is 2.35. The zero-order chi connectivity index (χ0) is 18.7. The van der Waals surface area contributed by atoms with Gasteiger partial charge in [-0.15, -0.1) is 11.3 Å². The van der Waals surface area contributed by atoms with E-state index in [2.05, 4.69) is 10.3 Å². The molecular weight excluding hydrogens is 356 g/mol. The molecule has 3 amide bonds. The molecular formula is C17H20N4O4S. The molecule has 0 unspecified atom stereocenters. The number of amides is 3. The summed E-state index contributed by atoms with van der Waals surface area (Å²) in [7, 11) is 3.11. The van der Waals surface area contributed by atoms with Gasteiger partial charge in [-0.25, -0.2) is 9.78 Å². The number of nitrogens with one attached hydrogen (secondary N) is 1. The van der Waals surface area contributed by atoms with E-state index in [9.17, 15) is 9.59 Å². The molecule has 26 heavy (non-hydrogen) atoms. The molecule has 1 saturated heterocycles. The van der Waals surface area contributed by atoms with Crippen LogP contribution in [0.2, 0.25) is 0 Å². The zero-order valence-electron chi connectivity index (χ0n) is 14.8. The van der Waals surface area contributed by atoms with Gasteiger partial charge in [-0.1, -0.05) is 0 Å². The van der Waals surface area contributed by atoms with E-state index in [0.717, 1.165) is 4.88 Å². The SMILES string of the molecule is COc1ccc(OC)c(N2CCN(CC(=O)Nc3ncc(C)s3)C2=O)c1. The van der Waals surface area contributed by atoms with Crippen molar-refractivity contribution in [3.05, 3.63) is 29.3 Å². The molecule has 1 aliphatic rings. The van der Waals surface area contributed by atoms with Gasteiger partial charge in [0.15, 0.2) is 5.13 Å². The molecule has 1 aromatic heterocycles. The number of rotatable bonds is 6. The first kappa shape index (κ1) is 18.0. The number of carbonyl (C=O) groups excluding carboxylic acids is 2. The van der Waals surface area contributed by atoms with Crippen molar-refractivity contribution in [2.45, 2.75) is 6.92 Å². The van der Waals surface area contributed by atoms with Crippen LogP contribution in [0, 0.1) is 6.92 Å². The summed E-state index contributed by atoms with van der Waals surface area (Å²) in [5, 5.41) is 3.25. The van der Waals surface area contributed by atoms with Crippen LogP contribution in [0.1, 0.15) is 4.88 Å². The smallest absolute Gasteiger partial charge is 0.325 e. The molecule has 1 aromatic carbocycles. The third-order valence-electron chi connectivity index (χ3n) is 3.97. The number of urea groups is 1. The van der Waals surface area contributed by atoms with Crippen molar-refractivity contribution >= 4 is 34.1 Å². The van der Waals surface area contributed by atoms with Crippen molar-refractivity contribution in [3.8, 4) is 11.5 Å². The molecule has 1 fully saturated rings. The Hall–Kier alpha value is -2.81. The number of nitrogens with zero attached hydrogens (tertiary/aromatic N) is 3. The quantitative estimate of drug-likeness (QED) is 0.837. The van der Waals surface area contributed by atoms with E-state index in [0.29, 0.717) is 35.4 Å². The van der Waals surface area contributed by atoms with Gasteiger partial charge in [-0.3, -0.25) is 9.69 Å². The first-order valence-corrected chi connectivity index (χ1v) is 8.84. The molecule has 0 aliphatic carbocycles. The van der Waals surface area contributed by atoms with Crippen molar-refractivity contribution < 1.29 is 19.1 Å². The first-order chi connectivity index (χ1) is 12.5. The number of carbonyl (C=O) groups is 2. The van der Waals surface area contributed by atoms with Gasteiger partial charge in [0, 0.05) is 30.2 Å². The monoisotopic (exact) mass is 376 g/mol. The molecule has 1 N–H and O–H groups in total. The van der Waals surface area contributed by atoms with E-state index >= 15 is 0 Å². The fraction of sp³-hybridized carbons (Fsp3) is 0.353. The average molecular weight is 376 g/mol. The minimum atomic E-state index is -0.271. The Morgan fingerprint density at radius 3 is 2.77 bits per heavy atom. The first-order valence-electron chi connectivity index (χ1n) is 8.02. The summed E-state index contributed by atoms with van der Waals surface area (Å²) in [6.07, 6.45) is 1.69. The maximum atomic E-state index is 12.7. The highest BCUT2D eigenvalue weighted by molar-refractivity contribution is 7.15. The van der Waals surface area contributed by atoms with Crippen molar-refractivity contribution in [2.24, 2.45) is 0 Å². The molecule has 3 rings (SSSR count).